The number of hydrogen-bond donors (Lipinski definition) is 1. The van der Waals surface area contributed by atoms with Gasteiger partial charge >= 0.3 is 0 Å². The predicted molar refractivity (Wildman–Crippen MR) is 87.7 cm³/mol. The number of benzene rings is 2. The summed E-state index contributed by atoms with van der Waals surface area (Å²) in [5, 5.41) is 0.998. The molecule has 0 unspecified atom stereocenters. The van der Waals surface area contributed by atoms with Crippen LogP contribution < -0.4 is 9.47 Å². The lowest BCUT2D eigenvalue weighted by atomic mass is 10.0. The normalized spacial score (nSPS) is 10.6. The highest BCUT2D eigenvalue weighted by Gasteiger charge is 2.12. The van der Waals surface area contributed by atoms with Gasteiger partial charge in [-0.2, -0.15) is 0 Å². The maximum atomic E-state index is 5.54. The van der Waals surface area contributed by atoms with Gasteiger partial charge in [0.2, 0.25) is 0 Å². The van der Waals surface area contributed by atoms with Gasteiger partial charge in [-0.3, -0.25) is 0 Å². The van der Waals surface area contributed by atoms with E-state index in [1.165, 1.54) is 0 Å². The number of hydrogen-bond acceptors (Lipinski definition) is 3. The summed E-state index contributed by atoms with van der Waals surface area (Å²) in [5.41, 5.74) is 3.05. The van der Waals surface area contributed by atoms with E-state index in [1.54, 1.807) is 14.2 Å². The highest BCUT2D eigenvalue weighted by atomic mass is 32.1. The van der Waals surface area contributed by atoms with Gasteiger partial charge in [-0.25, -0.2) is 0 Å². The van der Waals surface area contributed by atoms with E-state index >= 15 is 0 Å². The zero-order valence-corrected chi connectivity index (χ0v) is 12.7. The molecule has 0 saturated heterocycles. The molecule has 2 aromatic carbocycles. The molecule has 3 rings (SSSR count). The van der Waals surface area contributed by atoms with Crippen LogP contribution in [0.15, 0.2) is 48.5 Å². The number of nitrogens with one attached hydrogen (secondary N) is 1. The van der Waals surface area contributed by atoms with Crippen molar-refractivity contribution < 1.29 is 9.47 Å². The van der Waals surface area contributed by atoms with Gasteiger partial charge in [-0.05, 0) is 17.2 Å². The number of methoxy groups -OCH3 is 2. The van der Waals surface area contributed by atoms with Gasteiger partial charge in [-0.15, -0.1) is 0 Å². The lowest BCUT2D eigenvalue weighted by Crippen LogP contribution is -1.93. The molecule has 0 spiro atoms. The first-order chi connectivity index (χ1) is 10.2. The van der Waals surface area contributed by atoms with Gasteiger partial charge in [0.25, 0.3) is 0 Å². The van der Waals surface area contributed by atoms with E-state index < -0.39 is 0 Å². The van der Waals surface area contributed by atoms with Crippen molar-refractivity contribution >= 4 is 23.1 Å². The third kappa shape index (κ3) is 2.50. The van der Waals surface area contributed by atoms with E-state index in [9.17, 15) is 0 Å². The average molecular weight is 297 g/mol. The Morgan fingerprint density at radius 2 is 1.71 bits per heavy atom. The van der Waals surface area contributed by atoms with Crippen molar-refractivity contribution in [1.29, 1.82) is 0 Å². The summed E-state index contributed by atoms with van der Waals surface area (Å²) in [5.74, 6) is 1.49. The second kappa shape index (κ2) is 5.58. The second-order valence-corrected chi connectivity index (χ2v) is 5.11. The second-order valence-electron chi connectivity index (χ2n) is 4.67. The summed E-state index contributed by atoms with van der Waals surface area (Å²) in [6.07, 6.45) is 0. The van der Waals surface area contributed by atoms with Gasteiger partial charge in [0.15, 0.2) is 0 Å². The zero-order chi connectivity index (χ0) is 14.8. The SMILES string of the molecule is COc1cc(OC)c2c(-c3ccccc3)cc(=S)[nH]c2c1. The molecule has 3 nitrogen and oxygen atoms in total. The molecule has 4 heteroatoms. The minimum Gasteiger partial charge on any atom is -0.497 e. The van der Waals surface area contributed by atoms with Crippen LogP contribution in [0.25, 0.3) is 22.0 Å². The smallest absolute Gasteiger partial charge is 0.132 e. The monoisotopic (exact) mass is 297 g/mol. The van der Waals surface area contributed by atoms with Gasteiger partial charge in [0.1, 0.15) is 16.1 Å². The molecule has 0 fully saturated rings. The average Bonchev–Trinajstić information content (AvgIpc) is 2.53. The van der Waals surface area contributed by atoms with E-state index in [0.717, 1.165) is 33.5 Å². The van der Waals surface area contributed by atoms with Gasteiger partial charge in [0.05, 0.1) is 19.7 Å². The maximum absolute atomic E-state index is 5.54. The molecule has 1 N–H and O–H groups in total. The van der Waals surface area contributed by atoms with Gasteiger partial charge in [0, 0.05) is 17.5 Å². The molecular formula is C17H15NO2S. The van der Waals surface area contributed by atoms with Crippen LogP contribution in [-0.2, 0) is 0 Å². The molecule has 106 valence electrons. The molecule has 1 aromatic heterocycles. The van der Waals surface area contributed by atoms with Crippen LogP contribution in [0.2, 0.25) is 0 Å². The van der Waals surface area contributed by atoms with E-state index in [-0.39, 0.29) is 0 Å². The van der Waals surface area contributed by atoms with E-state index in [0.29, 0.717) is 4.64 Å². The van der Waals surface area contributed by atoms with Crippen molar-refractivity contribution in [2.75, 3.05) is 14.2 Å². The lowest BCUT2D eigenvalue weighted by Gasteiger charge is -2.13. The van der Waals surface area contributed by atoms with Crippen molar-refractivity contribution in [2.45, 2.75) is 0 Å². The number of fused-ring (bicyclic) bond motifs is 1. The molecule has 3 aromatic rings. The summed E-state index contributed by atoms with van der Waals surface area (Å²) in [4.78, 5) is 3.20. The van der Waals surface area contributed by atoms with Crippen LogP contribution >= 0.6 is 12.2 Å². The summed E-state index contributed by atoms with van der Waals surface area (Å²) >= 11 is 5.35. The molecule has 0 bridgehead atoms. The molecule has 21 heavy (non-hydrogen) atoms. The van der Waals surface area contributed by atoms with Crippen LogP contribution in [0.5, 0.6) is 11.5 Å². The van der Waals surface area contributed by atoms with E-state index in [4.69, 9.17) is 21.7 Å². The summed E-state index contributed by atoms with van der Waals surface area (Å²) in [6.45, 7) is 0. The van der Waals surface area contributed by atoms with Crippen molar-refractivity contribution in [3.05, 3.63) is 53.2 Å². The first kappa shape index (κ1) is 13.6. The molecule has 0 radical (unpaired) electrons. The number of aromatic amines is 1. The largest absolute Gasteiger partial charge is 0.497 e. The molecule has 0 aliphatic heterocycles. The number of rotatable bonds is 3. The number of ether oxygens (including phenoxy) is 2. The highest BCUT2D eigenvalue weighted by molar-refractivity contribution is 7.71. The molecule has 0 saturated carbocycles. The number of aromatic nitrogens is 1. The summed E-state index contributed by atoms with van der Waals surface area (Å²) in [6, 6.07) is 15.9. The van der Waals surface area contributed by atoms with E-state index in [2.05, 4.69) is 17.1 Å². The minimum absolute atomic E-state index is 0.677. The Labute approximate surface area is 128 Å². The summed E-state index contributed by atoms with van der Waals surface area (Å²) < 4.78 is 11.5. The Balaban J connectivity index is 2.42. The maximum Gasteiger partial charge on any atom is 0.132 e. The molecule has 0 aliphatic carbocycles. The Kier molecular flexibility index (Phi) is 3.62. The first-order valence-electron chi connectivity index (χ1n) is 6.57. The highest BCUT2D eigenvalue weighted by Crippen LogP contribution is 2.37. The van der Waals surface area contributed by atoms with Crippen LogP contribution in [0.4, 0.5) is 0 Å². The van der Waals surface area contributed by atoms with Crippen LogP contribution in [-0.4, -0.2) is 19.2 Å². The Morgan fingerprint density at radius 1 is 0.952 bits per heavy atom. The lowest BCUT2D eigenvalue weighted by molar-refractivity contribution is 0.398. The van der Waals surface area contributed by atoms with Gasteiger partial charge < -0.3 is 14.5 Å². The van der Waals surface area contributed by atoms with Crippen molar-refractivity contribution in [1.82, 2.24) is 4.98 Å². The molecule has 1 heterocycles. The Morgan fingerprint density at radius 3 is 2.38 bits per heavy atom. The fraction of sp³-hybridized carbons (Fsp3) is 0.118. The fourth-order valence-corrected chi connectivity index (χ4v) is 2.69. The number of pyridine rings is 1. The Bertz CT molecular complexity index is 841. The molecular weight excluding hydrogens is 282 g/mol. The van der Waals surface area contributed by atoms with Gasteiger partial charge in [-0.1, -0.05) is 42.5 Å². The predicted octanol–water partition coefficient (Wildman–Crippen LogP) is 4.58. The quantitative estimate of drug-likeness (QED) is 0.718. The first-order valence-corrected chi connectivity index (χ1v) is 6.98. The standard InChI is InChI=1S/C17H15NO2S/c1-19-12-8-14-17(15(9-12)20-2)13(10-16(21)18-14)11-6-4-3-5-7-11/h3-10H,1-2H3,(H,18,21). The van der Waals surface area contributed by atoms with Crippen LogP contribution in [0, 0.1) is 4.64 Å². The number of H-pyrrole nitrogens is 1. The third-order valence-electron chi connectivity index (χ3n) is 3.42. The minimum atomic E-state index is 0.677. The van der Waals surface area contributed by atoms with Crippen molar-refractivity contribution in [2.24, 2.45) is 0 Å². The Hall–Kier alpha value is -2.33. The van der Waals surface area contributed by atoms with Crippen molar-refractivity contribution in [3.8, 4) is 22.6 Å². The summed E-state index contributed by atoms with van der Waals surface area (Å²) in [7, 11) is 3.29. The third-order valence-corrected chi connectivity index (χ3v) is 3.64. The van der Waals surface area contributed by atoms with Crippen LogP contribution in [0.3, 0.4) is 0 Å². The fourth-order valence-electron chi connectivity index (χ4n) is 2.46. The zero-order valence-electron chi connectivity index (χ0n) is 11.8. The molecule has 0 aliphatic rings. The van der Waals surface area contributed by atoms with Crippen molar-refractivity contribution in [3.63, 3.8) is 0 Å². The molecule has 0 atom stereocenters. The topological polar surface area (TPSA) is 34.2 Å². The van der Waals surface area contributed by atoms with E-state index in [1.807, 2.05) is 36.4 Å². The molecule has 0 amide bonds. The van der Waals surface area contributed by atoms with Crippen LogP contribution in [0.1, 0.15) is 0 Å².